The molecule has 0 saturated carbocycles. The van der Waals surface area contributed by atoms with Gasteiger partial charge in [-0.15, -0.1) is 24.0 Å². The molecule has 0 unspecified atom stereocenters. The number of para-hydroxylation sites is 1. The number of methoxy groups -OCH3 is 1. The lowest BCUT2D eigenvalue weighted by Crippen LogP contribution is -2.23. The zero-order chi connectivity index (χ0) is 14.9. The number of anilines is 1. The van der Waals surface area contributed by atoms with Crippen molar-refractivity contribution in [3.05, 3.63) is 54.6 Å². The number of nitrogens with one attached hydrogen (secondary N) is 1. The molecule has 0 heterocycles. The van der Waals surface area contributed by atoms with E-state index < -0.39 is 0 Å². The predicted octanol–water partition coefficient (Wildman–Crippen LogP) is 3.12. The van der Waals surface area contributed by atoms with E-state index in [1.54, 1.807) is 7.11 Å². The highest BCUT2D eigenvalue weighted by molar-refractivity contribution is 14.0. The maximum atomic E-state index is 5.79. The first kappa shape index (κ1) is 18.1. The third kappa shape index (κ3) is 6.21. The quantitative estimate of drug-likeness (QED) is 0.331. The van der Waals surface area contributed by atoms with Crippen LogP contribution in [0.15, 0.2) is 59.6 Å². The summed E-state index contributed by atoms with van der Waals surface area (Å²) < 4.78 is 10.6. The maximum absolute atomic E-state index is 5.79. The molecule has 0 fully saturated rings. The van der Waals surface area contributed by atoms with Crippen molar-refractivity contribution in [1.29, 1.82) is 0 Å². The van der Waals surface area contributed by atoms with E-state index in [-0.39, 0.29) is 24.0 Å². The van der Waals surface area contributed by atoms with E-state index in [0.717, 1.165) is 17.2 Å². The standard InChI is InChI=1S/C16H19N3O2.HI/c1-20-14-7-9-15(10-8-14)21-12-11-18-16(17)19-13-5-3-2-4-6-13;/h2-10H,11-12H2,1H3,(H3,17,18,19);1H. The van der Waals surface area contributed by atoms with E-state index in [1.807, 2.05) is 54.6 Å². The summed E-state index contributed by atoms with van der Waals surface area (Å²) in [6, 6.07) is 17.1. The maximum Gasteiger partial charge on any atom is 0.193 e. The van der Waals surface area contributed by atoms with Gasteiger partial charge in [0.1, 0.15) is 18.1 Å². The monoisotopic (exact) mass is 413 g/mol. The molecule has 0 atom stereocenters. The summed E-state index contributed by atoms with van der Waals surface area (Å²) in [5.41, 5.74) is 6.70. The Balaban J connectivity index is 0.00000242. The van der Waals surface area contributed by atoms with Crippen LogP contribution in [0.25, 0.3) is 0 Å². The first-order chi connectivity index (χ1) is 10.3. The number of nitrogens with two attached hydrogens (primary N) is 1. The number of rotatable bonds is 6. The van der Waals surface area contributed by atoms with Gasteiger partial charge in [0.2, 0.25) is 0 Å². The summed E-state index contributed by atoms with van der Waals surface area (Å²) in [5.74, 6) is 1.96. The number of ether oxygens (including phenoxy) is 2. The van der Waals surface area contributed by atoms with Crippen molar-refractivity contribution in [3.63, 3.8) is 0 Å². The zero-order valence-corrected chi connectivity index (χ0v) is 14.7. The Bertz CT molecular complexity index is 574. The Kier molecular flexibility index (Phi) is 8.13. The van der Waals surface area contributed by atoms with Crippen LogP contribution < -0.4 is 20.5 Å². The Morgan fingerprint density at radius 2 is 1.68 bits per heavy atom. The minimum Gasteiger partial charge on any atom is -0.497 e. The molecule has 22 heavy (non-hydrogen) atoms. The van der Waals surface area contributed by atoms with Crippen LogP contribution in [0.3, 0.4) is 0 Å². The van der Waals surface area contributed by atoms with Gasteiger partial charge in [0.15, 0.2) is 5.96 Å². The lowest BCUT2D eigenvalue weighted by Gasteiger charge is -2.07. The number of nitrogens with zero attached hydrogens (tertiary/aromatic N) is 1. The summed E-state index contributed by atoms with van der Waals surface area (Å²) >= 11 is 0. The largest absolute Gasteiger partial charge is 0.497 e. The topological polar surface area (TPSA) is 68.9 Å². The molecule has 3 N–H and O–H groups in total. The molecule has 5 nitrogen and oxygen atoms in total. The first-order valence-corrected chi connectivity index (χ1v) is 6.67. The van der Waals surface area contributed by atoms with Gasteiger partial charge < -0.3 is 20.5 Å². The van der Waals surface area contributed by atoms with Crippen LogP contribution in [-0.4, -0.2) is 26.2 Å². The fourth-order valence-electron chi connectivity index (χ4n) is 1.71. The van der Waals surface area contributed by atoms with Gasteiger partial charge in [-0.25, -0.2) is 4.99 Å². The molecule has 118 valence electrons. The molecule has 0 saturated heterocycles. The number of hydrogen-bond acceptors (Lipinski definition) is 3. The molecule has 0 radical (unpaired) electrons. The van der Waals surface area contributed by atoms with E-state index in [0.29, 0.717) is 19.1 Å². The highest BCUT2D eigenvalue weighted by atomic mass is 127. The van der Waals surface area contributed by atoms with Crippen molar-refractivity contribution in [2.75, 3.05) is 25.6 Å². The Hall–Kier alpha value is -1.96. The first-order valence-electron chi connectivity index (χ1n) is 6.67. The second kappa shape index (κ2) is 9.88. The average Bonchev–Trinajstić information content (AvgIpc) is 2.53. The zero-order valence-electron chi connectivity index (χ0n) is 12.4. The number of guanidine groups is 1. The van der Waals surface area contributed by atoms with E-state index in [4.69, 9.17) is 15.2 Å². The molecule has 0 aliphatic carbocycles. The fourth-order valence-corrected chi connectivity index (χ4v) is 1.71. The summed E-state index contributed by atoms with van der Waals surface area (Å²) in [4.78, 5) is 4.20. The summed E-state index contributed by atoms with van der Waals surface area (Å²) in [6.45, 7) is 0.946. The van der Waals surface area contributed by atoms with Crippen LogP contribution in [0, 0.1) is 0 Å². The fraction of sp³-hybridized carbons (Fsp3) is 0.188. The molecule has 2 aromatic rings. The molecule has 6 heteroatoms. The second-order valence-corrected chi connectivity index (χ2v) is 4.28. The Labute approximate surface area is 147 Å². The summed E-state index contributed by atoms with van der Waals surface area (Å²) in [7, 11) is 1.63. The molecular formula is C16H20IN3O2. The Morgan fingerprint density at radius 1 is 1.05 bits per heavy atom. The molecule has 0 spiro atoms. The number of halogens is 1. The molecular weight excluding hydrogens is 393 g/mol. The predicted molar refractivity (Wildman–Crippen MR) is 100 cm³/mol. The molecule has 0 bridgehead atoms. The van der Waals surface area contributed by atoms with Gasteiger partial charge in [-0.05, 0) is 36.4 Å². The lowest BCUT2D eigenvalue weighted by atomic mass is 10.3. The van der Waals surface area contributed by atoms with E-state index in [2.05, 4.69) is 10.3 Å². The minimum atomic E-state index is 0. The van der Waals surface area contributed by atoms with Crippen molar-refractivity contribution in [1.82, 2.24) is 0 Å². The van der Waals surface area contributed by atoms with Gasteiger partial charge in [0.05, 0.1) is 13.7 Å². The van der Waals surface area contributed by atoms with E-state index in [1.165, 1.54) is 0 Å². The van der Waals surface area contributed by atoms with Crippen LogP contribution in [0.4, 0.5) is 5.69 Å². The van der Waals surface area contributed by atoms with Crippen LogP contribution >= 0.6 is 24.0 Å². The van der Waals surface area contributed by atoms with Gasteiger partial charge in [0, 0.05) is 5.69 Å². The summed E-state index contributed by atoms with van der Waals surface area (Å²) in [5, 5.41) is 3.01. The highest BCUT2D eigenvalue weighted by Crippen LogP contribution is 2.16. The highest BCUT2D eigenvalue weighted by Gasteiger charge is 1.96. The number of aliphatic imine (C=N–C) groups is 1. The smallest absolute Gasteiger partial charge is 0.193 e. The third-order valence-corrected chi connectivity index (χ3v) is 2.75. The van der Waals surface area contributed by atoms with E-state index >= 15 is 0 Å². The minimum absolute atomic E-state index is 0. The number of hydrogen-bond donors (Lipinski definition) is 2. The van der Waals surface area contributed by atoms with Crippen molar-refractivity contribution >= 4 is 35.6 Å². The van der Waals surface area contributed by atoms with Crippen LogP contribution in [0.2, 0.25) is 0 Å². The third-order valence-electron chi connectivity index (χ3n) is 2.75. The second-order valence-electron chi connectivity index (χ2n) is 4.28. The van der Waals surface area contributed by atoms with Gasteiger partial charge >= 0.3 is 0 Å². The molecule has 0 aliphatic heterocycles. The van der Waals surface area contributed by atoms with Crippen molar-refractivity contribution in [2.24, 2.45) is 10.7 Å². The number of benzene rings is 2. The van der Waals surface area contributed by atoms with Gasteiger partial charge in [-0.3, -0.25) is 0 Å². The molecule has 0 aliphatic rings. The van der Waals surface area contributed by atoms with E-state index in [9.17, 15) is 0 Å². The van der Waals surface area contributed by atoms with Crippen LogP contribution in [-0.2, 0) is 0 Å². The SMILES string of the molecule is COc1ccc(OCCN=C(N)Nc2ccccc2)cc1.I. The van der Waals surface area contributed by atoms with Crippen molar-refractivity contribution in [2.45, 2.75) is 0 Å². The molecule has 2 aromatic carbocycles. The molecule has 2 rings (SSSR count). The molecule has 0 aromatic heterocycles. The average molecular weight is 413 g/mol. The van der Waals surface area contributed by atoms with Crippen LogP contribution in [0.5, 0.6) is 11.5 Å². The summed E-state index contributed by atoms with van der Waals surface area (Å²) in [6.07, 6.45) is 0. The Morgan fingerprint density at radius 3 is 2.32 bits per heavy atom. The lowest BCUT2D eigenvalue weighted by molar-refractivity contribution is 0.327. The normalized spacial score (nSPS) is 10.5. The van der Waals surface area contributed by atoms with Crippen molar-refractivity contribution < 1.29 is 9.47 Å². The van der Waals surface area contributed by atoms with Gasteiger partial charge in [0.25, 0.3) is 0 Å². The van der Waals surface area contributed by atoms with Crippen molar-refractivity contribution in [3.8, 4) is 11.5 Å². The van der Waals surface area contributed by atoms with Gasteiger partial charge in [-0.2, -0.15) is 0 Å². The molecule has 0 amide bonds. The van der Waals surface area contributed by atoms with Gasteiger partial charge in [-0.1, -0.05) is 18.2 Å². The van der Waals surface area contributed by atoms with Crippen LogP contribution in [0.1, 0.15) is 0 Å².